The van der Waals surface area contributed by atoms with Gasteiger partial charge in [-0.25, -0.2) is 0 Å². The Balaban J connectivity index is 2.11. The Morgan fingerprint density at radius 1 is 0.938 bits per heavy atom. The zero-order valence-corrected chi connectivity index (χ0v) is 17.4. The van der Waals surface area contributed by atoms with Gasteiger partial charge in [0.15, 0.2) is 0 Å². The Morgan fingerprint density at radius 3 is 2.12 bits per heavy atom. The van der Waals surface area contributed by atoms with E-state index in [4.69, 9.17) is 4.74 Å². The van der Waals surface area contributed by atoms with Crippen LogP contribution in [0.2, 0.25) is 0 Å². The van der Waals surface area contributed by atoms with Crippen LogP contribution in [0.5, 0.6) is 0 Å². The molecule has 0 radical (unpaired) electrons. The molecular weight excluding hydrogens is 434 g/mol. The van der Waals surface area contributed by atoms with E-state index < -0.39 is 30.1 Å². The third-order valence-corrected chi connectivity index (χ3v) is 5.33. The highest BCUT2D eigenvalue weighted by molar-refractivity contribution is 5.69. The molecule has 0 aromatic heterocycles. The summed E-state index contributed by atoms with van der Waals surface area (Å²) in [6.45, 7) is 3.34. The van der Waals surface area contributed by atoms with Crippen LogP contribution in [0.4, 0.5) is 32.0 Å². The van der Waals surface area contributed by atoms with Gasteiger partial charge in [0.2, 0.25) is 0 Å². The van der Waals surface area contributed by atoms with Crippen LogP contribution in [0.3, 0.4) is 0 Å². The molecule has 2 aromatic rings. The minimum absolute atomic E-state index is 0.205. The maximum Gasteiger partial charge on any atom is 0.430 e. The highest BCUT2D eigenvalue weighted by Crippen LogP contribution is 2.53. The number of benzene rings is 2. The van der Waals surface area contributed by atoms with Crippen LogP contribution in [-0.2, 0) is 16.9 Å². The van der Waals surface area contributed by atoms with Crippen LogP contribution in [0.1, 0.15) is 23.6 Å². The number of hydrogen-bond donors (Lipinski definition) is 1. The first-order valence-electron chi connectivity index (χ1n) is 10.1. The van der Waals surface area contributed by atoms with Crippen LogP contribution < -0.4 is 10.2 Å². The van der Waals surface area contributed by atoms with Gasteiger partial charge in [-0.15, -0.1) is 0 Å². The summed E-state index contributed by atoms with van der Waals surface area (Å²) in [5, 5.41) is 3.17. The van der Waals surface area contributed by atoms with Crippen LogP contribution in [0.25, 0.3) is 6.08 Å². The molecule has 0 unspecified atom stereocenters. The molecule has 1 saturated heterocycles. The summed E-state index contributed by atoms with van der Waals surface area (Å²) >= 11 is 0. The lowest BCUT2D eigenvalue weighted by molar-refractivity contribution is -0.392. The highest BCUT2D eigenvalue weighted by Gasteiger charge is 2.73. The summed E-state index contributed by atoms with van der Waals surface area (Å²) in [5.74, 6) is 0. The number of anilines is 1. The Labute approximate surface area is 182 Å². The summed E-state index contributed by atoms with van der Waals surface area (Å²) in [4.78, 5) is 1.93. The number of nitrogens with one attached hydrogen (secondary N) is 1. The number of hydrogen-bond acceptors (Lipinski definition) is 3. The molecule has 1 N–H and O–H groups in total. The summed E-state index contributed by atoms with van der Waals surface area (Å²) < 4.78 is 89.7. The average Bonchev–Trinajstić information content (AvgIpc) is 2.74. The molecule has 0 atom stereocenters. The van der Waals surface area contributed by atoms with E-state index in [2.05, 4.69) is 5.32 Å². The first-order chi connectivity index (χ1) is 15.1. The average molecular weight is 458 g/mol. The van der Waals surface area contributed by atoms with Gasteiger partial charge in [0.1, 0.15) is 0 Å². The monoisotopic (exact) mass is 458 g/mol. The summed E-state index contributed by atoms with van der Waals surface area (Å²) in [6, 6.07) is 10.6. The molecular formula is C23H24F6N2O. The fourth-order valence-electron chi connectivity index (χ4n) is 3.78. The molecule has 0 spiro atoms. The molecule has 3 rings (SSSR count). The minimum Gasteiger partial charge on any atom is -0.369 e. The van der Waals surface area contributed by atoms with E-state index in [1.807, 2.05) is 4.90 Å². The molecule has 0 aliphatic carbocycles. The summed E-state index contributed by atoms with van der Waals surface area (Å²) in [7, 11) is 0. The number of allylic oxidation sites excluding steroid dienone is 1. The maximum atomic E-state index is 14.2. The molecule has 0 amide bonds. The Bertz CT molecular complexity index is 904. The van der Waals surface area contributed by atoms with Crippen molar-refractivity contribution in [2.24, 2.45) is 0 Å². The molecule has 3 nitrogen and oxygen atoms in total. The minimum atomic E-state index is -5.73. The second kappa shape index (κ2) is 9.54. The van der Waals surface area contributed by atoms with Gasteiger partial charge in [-0.3, -0.25) is 0 Å². The van der Waals surface area contributed by atoms with Gasteiger partial charge in [-0.2, -0.15) is 26.3 Å². The van der Waals surface area contributed by atoms with Crippen molar-refractivity contribution < 1.29 is 31.1 Å². The third-order valence-electron chi connectivity index (χ3n) is 5.33. The summed E-state index contributed by atoms with van der Waals surface area (Å²) in [6.07, 6.45) is -8.37. The third kappa shape index (κ3) is 4.78. The van der Waals surface area contributed by atoms with Gasteiger partial charge in [0.05, 0.1) is 6.61 Å². The zero-order chi connectivity index (χ0) is 23.4. The van der Waals surface area contributed by atoms with Crippen LogP contribution in [0.15, 0.2) is 54.6 Å². The maximum absolute atomic E-state index is 14.2. The Kier molecular flexibility index (Phi) is 7.19. The fraction of sp³-hybridized carbons (Fsp3) is 0.391. The number of piperazine rings is 1. The summed E-state index contributed by atoms with van der Waals surface area (Å²) in [5.41, 5.74) is -4.41. The van der Waals surface area contributed by atoms with Gasteiger partial charge < -0.3 is 15.0 Å². The van der Waals surface area contributed by atoms with E-state index in [0.29, 0.717) is 31.9 Å². The topological polar surface area (TPSA) is 24.5 Å². The SMILES string of the molecule is C/C=C\c1cc(C(OCc2ccccc2)(C(F)(F)F)C(F)(F)F)ccc1N1CCNCC1. The van der Waals surface area contributed by atoms with Crippen molar-refractivity contribution in [1.82, 2.24) is 5.32 Å². The van der Waals surface area contributed by atoms with Gasteiger partial charge in [-0.05, 0) is 30.2 Å². The second-order valence-electron chi connectivity index (χ2n) is 7.46. The van der Waals surface area contributed by atoms with E-state index in [1.165, 1.54) is 36.4 Å². The Morgan fingerprint density at radius 2 is 1.56 bits per heavy atom. The number of nitrogens with zero attached hydrogens (tertiary/aromatic N) is 1. The first kappa shape index (κ1) is 24.1. The molecule has 9 heteroatoms. The van der Waals surface area contributed by atoms with Gasteiger partial charge >= 0.3 is 12.4 Å². The second-order valence-corrected chi connectivity index (χ2v) is 7.46. The van der Waals surface area contributed by atoms with Gasteiger partial charge in [0, 0.05) is 37.4 Å². The van der Waals surface area contributed by atoms with Crippen molar-refractivity contribution in [2.45, 2.75) is 31.5 Å². The smallest absolute Gasteiger partial charge is 0.369 e. The standard InChI is InChI=1S/C23H24F6N2O/c1-2-6-18-15-19(9-10-20(18)31-13-11-30-12-14-31)21(22(24,25)26,23(27,28)29)32-16-17-7-4-3-5-8-17/h2-10,15,30H,11-14,16H2,1H3/b6-2-. The van der Waals surface area contributed by atoms with Crippen molar-refractivity contribution >= 4 is 11.8 Å². The zero-order valence-electron chi connectivity index (χ0n) is 17.4. The number of ether oxygens (including phenoxy) is 1. The quantitative estimate of drug-likeness (QED) is 0.565. The molecule has 0 bridgehead atoms. The predicted molar refractivity (Wildman–Crippen MR) is 111 cm³/mol. The van der Waals surface area contributed by atoms with Gasteiger partial charge in [0.25, 0.3) is 5.60 Å². The van der Waals surface area contributed by atoms with E-state index in [1.54, 1.807) is 19.1 Å². The lowest BCUT2D eigenvalue weighted by Crippen LogP contribution is -2.56. The largest absolute Gasteiger partial charge is 0.430 e. The van der Waals surface area contributed by atoms with Crippen LogP contribution in [-0.4, -0.2) is 38.5 Å². The molecule has 1 fully saturated rings. The lowest BCUT2D eigenvalue weighted by atomic mass is 9.89. The van der Waals surface area contributed by atoms with Crippen LogP contribution >= 0.6 is 0 Å². The molecule has 32 heavy (non-hydrogen) atoms. The fourth-order valence-corrected chi connectivity index (χ4v) is 3.78. The van der Waals surface area contributed by atoms with E-state index >= 15 is 0 Å². The predicted octanol–water partition coefficient (Wildman–Crippen LogP) is 5.67. The normalized spacial score (nSPS) is 16.0. The number of halogens is 6. The van der Waals surface area contributed by atoms with Crippen molar-refractivity contribution in [2.75, 3.05) is 31.1 Å². The van der Waals surface area contributed by atoms with Gasteiger partial charge in [-0.1, -0.05) is 48.6 Å². The van der Waals surface area contributed by atoms with E-state index in [0.717, 1.165) is 12.1 Å². The molecule has 2 aromatic carbocycles. The molecule has 174 valence electrons. The molecule has 1 aliphatic heterocycles. The van der Waals surface area contributed by atoms with Crippen molar-refractivity contribution in [1.29, 1.82) is 0 Å². The van der Waals surface area contributed by atoms with Crippen LogP contribution in [0, 0.1) is 0 Å². The van der Waals surface area contributed by atoms with Crippen molar-refractivity contribution in [3.8, 4) is 0 Å². The van der Waals surface area contributed by atoms with Crippen molar-refractivity contribution in [3.63, 3.8) is 0 Å². The number of rotatable bonds is 6. The van der Waals surface area contributed by atoms with E-state index in [-0.39, 0.29) is 11.1 Å². The van der Waals surface area contributed by atoms with E-state index in [9.17, 15) is 26.3 Å². The molecule has 1 heterocycles. The first-order valence-corrected chi connectivity index (χ1v) is 10.1. The Hall–Kier alpha value is -2.52. The molecule has 0 saturated carbocycles. The number of alkyl halides is 6. The lowest BCUT2D eigenvalue weighted by Gasteiger charge is -2.38. The molecule has 1 aliphatic rings. The van der Waals surface area contributed by atoms with Crippen molar-refractivity contribution in [3.05, 3.63) is 71.3 Å². The highest BCUT2D eigenvalue weighted by atomic mass is 19.4.